The monoisotopic (exact) mass is 650 g/mol. The van der Waals surface area contributed by atoms with Crippen LogP contribution in [0, 0.1) is 12.7 Å². The highest BCUT2D eigenvalue weighted by atomic mass is 35.5. The molecule has 1 aliphatic rings. The van der Waals surface area contributed by atoms with Crippen LogP contribution >= 0.6 is 23.2 Å². The highest BCUT2D eigenvalue weighted by Gasteiger charge is 2.56. The summed E-state index contributed by atoms with van der Waals surface area (Å²) in [6.07, 6.45) is 2.03. The molecule has 1 aromatic heterocycles. The van der Waals surface area contributed by atoms with Gasteiger partial charge < -0.3 is 10.2 Å². The van der Waals surface area contributed by atoms with Crippen molar-refractivity contribution in [2.24, 2.45) is 0 Å². The van der Waals surface area contributed by atoms with Crippen LogP contribution in [0.2, 0.25) is 10.0 Å². The fourth-order valence-electron chi connectivity index (χ4n) is 5.98. The molecule has 6 rings (SSSR count). The minimum absolute atomic E-state index is 0.0440. The van der Waals surface area contributed by atoms with E-state index in [4.69, 9.17) is 33.2 Å². The molecule has 5 nitrogen and oxygen atoms in total. The Morgan fingerprint density at radius 1 is 0.870 bits per heavy atom. The van der Waals surface area contributed by atoms with E-state index in [0.717, 1.165) is 27.9 Å². The molecule has 8 heteroatoms. The number of nitrogens with one attached hydrogen (secondary N) is 1. The van der Waals surface area contributed by atoms with Crippen LogP contribution in [0.3, 0.4) is 0 Å². The zero-order chi connectivity index (χ0) is 32.4. The van der Waals surface area contributed by atoms with Crippen LogP contribution in [0.4, 0.5) is 10.2 Å². The van der Waals surface area contributed by atoms with Crippen molar-refractivity contribution >= 4 is 46.6 Å². The summed E-state index contributed by atoms with van der Waals surface area (Å²) in [5.41, 5.74) is 4.10. The van der Waals surface area contributed by atoms with Crippen LogP contribution in [0.15, 0.2) is 103 Å². The van der Waals surface area contributed by atoms with E-state index in [0.29, 0.717) is 39.4 Å². The number of rotatable bonds is 8. The Morgan fingerprint density at radius 2 is 1.48 bits per heavy atom. The summed E-state index contributed by atoms with van der Waals surface area (Å²) in [7, 11) is 0. The number of carbonyl (C=O) groups is 1. The lowest BCUT2D eigenvalue weighted by molar-refractivity contribution is -0.124. The predicted octanol–water partition coefficient (Wildman–Crippen LogP) is 9.13. The molecule has 5 aromatic rings. The highest BCUT2D eigenvalue weighted by Crippen LogP contribution is 2.55. The van der Waals surface area contributed by atoms with Crippen molar-refractivity contribution in [2.45, 2.75) is 45.3 Å². The van der Waals surface area contributed by atoms with Crippen LogP contribution in [-0.4, -0.2) is 15.9 Å². The van der Waals surface area contributed by atoms with Crippen molar-refractivity contribution in [1.82, 2.24) is 15.3 Å². The minimum Gasteiger partial charge on any atom is -0.349 e. The molecule has 0 saturated heterocycles. The van der Waals surface area contributed by atoms with E-state index in [1.54, 1.807) is 24.3 Å². The molecular weight excluding hydrogens is 618 g/mol. The number of benzene rings is 4. The smallest absolute Gasteiger partial charge is 0.255 e. The molecule has 1 aliphatic heterocycles. The molecular formula is C38H33Cl2FN4O. The van der Waals surface area contributed by atoms with Crippen molar-refractivity contribution < 1.29 is 9.18 Å². The van der Waals surface area contributed by atoms with Gasteiger partial charge >= 0.3 is 0 Å². The maximum Gasteiger partial charge on any atom is 0.255 e. The lowest BCUT2D eigenvalue weighted by Crippen LogP contribution is -2.54. The molecule has 1 unspecified atom stereocenters. The second kappa shape index (κ2) is 13.1. The molecule has 2 heterocycles. The minimum atomic E-state index is -1.45. The van der Waals surface area contributed by atoms with Gasteiger partial charge in [0.15, 0.2) is 5.54 Å². The first-order chi connectivity index (χ1) is 22.2. The number of nitrogens with zero attached hydrogens (tertiary/aromatic N) is 3. The van der Waals surface area contributed by atoms with Crippen LogP contribution in [0.1, 0.15) is 59.1 Å². The van der Waals surface area contributed by atoms with E-state index in [1.165, 1.54) is 12.1 Å². The molecule has 0 saturated carbocycles. The van der Waals surface area contributed by atoms with Gasteiger partial charge in [-0.3, -0.25) is 4.79 Å². The molecule has 0 aliphatic carbocycles. The third-order valence-electron chi connectivity index (χ3n) is 8.25. The zero-order valence-corrected chi connectivity index (χ0v) is 27.3. The van der Waals surface area contributed by atoms with Gasteiger partial charge in [-0.25, -0.2) is 14.4 Å². The average molecular weight is 652 g/mol. The standard InChI is InChI=1S/C38H33Cl2FN4O/c1-24(2)35-43-25(3)34-33(21-26-7-5-4-6-8-26)38(29-13-19-32(41)20-14-29,37(46)42-22-27-9-15-30(39)16-10-27)45(36(34)44-35)23-28-11-17-31(40)18-12-28/h4-21,24H,22-23H2,1-3H3,(H,42,46)/b33-21+. The second-order valence-corrected chi connectivity index (χ2v) is 12.6. The van der Waals surface area contributed by atoms with Crippen LogP contribution in [-0.2, 0) is 23.4 Å². The van der Waals surface area contributed by atoms with Crippen molar-refractivity contribution in [3.63, 3.8) is 0 Å². The van der Waals surface area contributed by atoms with E-state index in [1.807, 2.05) is 98.5 Å². The Bertz CT molecular complexity index is 1890. The number of hydrogen-bond acceptors (Lipinski definition) is 4. The van der Waals surface area contributed by atoms with Crippen molar-refractivity contribution in [1.29, 1.82) is 0 Å². The van der Waals surface area contributed by atoms with Gasteiger partial charge in [0.05, 0.1) is 5.69 Å². The summed E-state index contributed by atoms with van der Waals surface area (Å²) in [5.74, 6) is 0.676. The molecule has 46 heavy (non-hydrogen) atoms. The maximum absolute atomic E-state index is 15.2. The third-order valence-corrected chi connectivity index (χ3v) is 8.75. The van der Waals surface area contributed by atoms with Crippen molar-refractivity contribution in [3.8, 4) is 0 Å². The molecule has 1 N–H and O–H groups in total. The fourth-order valence-corrected chi connectivity index (χ4v) is 6.23. The summed E-state index contributed by atoms with van der Waals surface area (Å²) >= 11 is 12.4. The molecule has 1 amide bonds. The summed E-state index contributed by atoms with van der Waals surface area (Å²) in [4.78, 5) is 27.2. The molecule has 0 spiro atoms. The maximum atomic E-state index is 15.2. The number of anilines is 1. The molecule has 0 radical (unpaired) electrons. The first-order valence-electron chi connectivity index (χ1n) is 15.1. The van der Waals surface area contributed by atoms with E-state index in [9.17, 15) is 4.39 Å². The molecule has 0 fully saturated rings. The van der Waals surface area contributed by atoms with Gasteiger partial charge in [-0.1, -0.05) is 104 Å². The Balaban J connectivity index is 1.65. The van der Waals surface area contributed by atoms with E-state index >= 15 is 4.79 Å². The number of aromatic nitrogens is 2. The first-order valence-corrected chi connectivity index (χ1v) is 15.9. The highest BCUT2D eigenvalue weighted by molar-refractivity contribution is 6.30. The average Bonchev–Trinajstić information content (AvgIpc) is 3.32. The normalized spacial score (nSPS) is 16.6. The van der Waals surface area contributed by atoms with Gasteiger partial charge in [-0.2, -0.15) is 0 Å². The Labute approximate surface area is 278 Å². The van der Waals surface area contributed by atoms with Crippen molar-refractivity contribution in [3.05, 3.63) is 158 Å². The topological polar surface area (TPSA) is 58.1 Å². The predicted molar refractivity (Wildman–Crippen MR) is 184 cm³/mol. The molecule has 0 bridgehead atoms. The van der Waals surface area contributed by atoms with Gasteiger partial charge in [-0.05, 0) is 71.7 Å². The molecule has 1 atom stereocenters. The summed E-state index contributed by atoms with van der Waals surface area (Å²) in [5, 5.41) is 4.44. The van der Waals surface area contributed by atoms with Gasteiger partial charge in [-0.15, -0.1) is 0 Å². The van der Waals surface area contributed by atoms with Gasteiger partial charge in [0, 0.05) is 40.2 Å². The van der Waals surface area contributed by atoms with E-state index in [2.05, 4.69) is 5.32 Å². The Hall–Kier alpha value is -4.52. The summed E-state index contributed by atoms with van der Waals surface area (Å²) in [6.45, 7) is 6.62. The number of fused-ring (bicyclic) bond motifs is 1. The van der Waals surface area contributed by atoms with Crippen LogP contribution in [0.25, 0.3) is 11.6 Å². The lowest BCUT2D eigenvalue weighted by Gasteiger charge is -2.40. The third kappa shape index (κ3) is 6.03. The molecule has 4 aromatic carbocycles. The summed E-state index contributed by atoms with van der Waals surface area (Å²) < 4.78 is 14.5. The first kappa shape index (κ1) is 31.5. The lowest BCUT2D eigenvalue weighted by atomic mass is 9.79. The van der Waals surface area contributed by atoms with E-state index < -0.39 is 11.4 Å². The van der Waals surface area contributed by atoms with Gasteiger partial charge in [0.2, 0.25) is 0 Å². The number of carbonyl (C=O) groups excluding carboxylic acids is 1. The van der Waals surface area contributed by atoms with Gasteiger partial charge in [0.1, 0.15) is 17.5 Å². The number of hydrogen-bond donors (Lipinski definition) is 1. The number of aryl methyl sites for hydroxylation is 1. The summed E-state index contributed by atoms with van der Waals surface area (Å²) in [6, 6.07) is 30.9. The quantitative estimate of drug-likeness (QED) is 0.182. The van der Waals surface area contributed by atoms with Crippen LogP contribution < -0.4 is 10.2 Å². The number of amides is 1. The Morgan fingerprint density at radius 3 is 2.09 bits per heavy atom. The van der Waals surface area contributed by atoms with Crippen LogP contribution in [0.5, 0.6) is 0 Å². The SMILES string of the molecule is Cc1nc(C(C)C)nc2c1/C(=C\c1ccccc1)C(C(=O)NCc1ccc(Cl)cc1)(c1ccc(F)cc1)N2Cc1ccc(Cl)cc1. The van der Waals surface area contributed by atoms with Crippen molar-refractivity contribution in [2.75, 3.05) is 4.90 Å². The largest absolute Gasteiger partial charge is 0.349 e. The zero-order valence-electron chi connectivity index (χ0n) is 25.8. The Kier molecular flexibility index (Phi) is 8.94. The van der Waals surface area contributed by atoms with Gasteiger partial charge in [0.25, 0.3) is 5.91 Å². The molecule has 232 valence electrons. The number of halogens is 3. The second-order valence-electron chi connectivity index (χ2n) is 11.7. The van der Waals surface area contributed by atoms with E-state index in [-0.39, 0.29) is 18.4 Å². The fraction of sp³-hybridized carbons (Fsp3) is 0.184.